The molecular formula is C15H22N2O6. The van der Waals surface area contributed by atoms with Crippen molar-refractivity contribution in [2.75, 3.05) is 13.1 Å². The Balaban J connectivity index is 1.92. The Labute approximate surface area is 134 Å². The number of carbonyl (C=O) groups excluding carboxylic acids is 4. The van der Waals surface area contributed by atoms with Gasteiger partial charge in [-0.3, -0.25) is 9.59 Å². The third-order valence-electron chi connectivity index (χ3n) is 3.59. The molecule has 0 radical (unpaired) electrons. The molecule has 0 N–H and O–H groups in total. The van der Waals surface area contributed by atoms with E-state index in [4.69, 9.17) is 9.57 Å². The van der Waals surface area contributed by atoms with Gasteiger partial charge >= 0.3 is 12.1 Å². The van der Waals surface area contributed by atoms with Crippen LogP contribution in [0.15, 0.2) is 0 Å². The van der Waals surface area contributed by atoms with Crippen LogP contribution in [-0.2, 0) is 24.0 Å². The number of ether oxygens (including phenoxy) is 1. The number of likely N-dealkylation sites (tertiary alicyclic amines) is 1. The van der Waals surface area contributed by atoms with E-state index < -0.39 is 35.4 Å². The minimum Gasteiger partial charge on any atom is -0.444 e. The van der Waals surface area contributed by atoms with Gasteiger partial charge in [0.15, 0.2) is 0 Å². The van der Waals surface area contributed by atoms with Crippen LogP contribution in [0.2, 0.25) is 0 Å². The van der Waals surface area contributed by atoms with Crippen molar-refractivity contribution in [1.82, 2.24) is 9.96 Å². The summed E-state index contributed by atoms with van der Waals surface area (Å²) in [4.78, 5) is 53.5. The molecule has 2 saturated heterocycles. The van der Waals surface area contributed by atoms with Crippen LogP contribution < -0.4 is 0 Å². The summed E-state index contributed by atoms with van der Waals surface area (Å²) in [6, 6.07) is 0. The zero-order chi connectivity index (χ0) is 17.2. The van der Waals surface area contributed by atoms with Gasteiger partial charge in [0.05, 0.1) is 5.92 Å². The average molecular weight is 326 g/mol. The maximum Gasteiger partial charge on any atom is 0.410 e. The summed E-state index contributed by atoms with van der Waals surface area (Å²) >= 11 is 0. The molecule has 2 rings (SSSR count). The molecule has 128 valence electrons. The molecule has 23 heavy (non-hydrogen) atoms. The largest absolute Gasteiger partial charge is 0.444 e. The second kappa shape index (κ2) is 6.55. The molecule has 3 amide bonds. The predicted molar refractivity (Wildman–Crippen MR) is 77.7 cm³/mol. The van der Waals surface area contributed by atoms with Gasteiger partial charge in [-0.2, -0.15) is 0 Å². The molecule has 2 aliphatic heterocycles. The molecule has 0 aliphatic carbocycles. The minimum atomic E-state index is -0.665. The summed E-state index contributed by atoms with van der Waals surface area (Å²) < 4.78 is 5.29. The fraction of sp³-hybridized carbons (Fsp3) is 0.733. The van der Waals surface area contributed by atoms with Gasteiger partial charge in [-0.05, 0) is 33.6 Å². The number of hydrogen-bond donors (Lipinski definition) is 0. The average Bonchev–Trinajstić information content (AvgIpc) is 2.77. The Hall–Kier alpha value is -2.12. The summed E-state index contributed by atoms with van der Waals surface area (Å²) in [5.74, 6) is -2.26. The van der Waals surface area contributed by atoms with Crippen LogP contribution in [0, 0.1) is 5.92 Å². The quantitative estimate of drug-likeness (QED) is 0.709. The topological polar surface area (TPSA) is 93.2 Å². The van der Waals surface area contributed by atoms with Gasteiger partial charge in [0.1, 0.15) is 5.60 Å². The number of carbonyl (C=O) groups is 4. The molecule has 8 heteroatoms. The Morgan fingerprint density at radius 3 is 2.30 bits per heavy atom. The van der Waals surface area contributed by atoms with Gasteiger partial charge in [-0.15, -0.1) is 5.06 Å². The molecule has 2 aliphatic rings. The highest BCUT2D eigenvalue weighted by atomic mass is 16.7. The van der Waals surface area contributed by atoms with E-state index in [2.05, 4.69) is 0 Å². The minimum absolute atomic E-state index is 0.0564. The second-order valence-electron chi connectivity index (χ2n) is 6.76. The lowest BCUT2D eigenvalue weighted by atomic mass is 9.99. The molecule has 0 aromatic heterocycles. The first-order valence-electron chi connectivity index (χ1n) is 7.73. The van der Waals surface area contributed by atoms with Gasteiger partial charge in [0.2, 0.25) is 0 Å². The maximum absolute atomic E-state index is 12.2. The van der Waals surface area contributed by atoms with Crippen LogP contribution in [0.1, 0.15) is 46.5 Å². The number of hydrogen-bond acceptors (Lipinski definition) is 6. The fourth-order valence-electron chi connectivity index (χ4n) is 2.48. The van der Waals surface area contributed by atoms with Crippen LogP contribution in [0.25, 0.3) is 0 Å². The van der Waals surface area contributed by atoms with Crippen molar-refractivity contribution in [2.24, 2.45) is 5.92 Å². The van der Waals surface area contributed by atoms with Crippen molar-refractivity contribution >= 4 is 23.9 Å². The number of amides is 3. The van der Waals surface area contributed by atoms with E-state index in [0.29, 0.717) is 24.4 Å². The summed E-state index contributed by atoms with van der Waals surface area (Å²) in [7, 11) is 0. The molecule has 2 heterocycles. The summed E-state index contributed by atoms with van der Waals surface area (Å²) in [5, 5.41) is 0.536. The molecule has 0 spiro atoms. The van der Waals surface area contributed by atoms with E-state index in [1.807, 2.05) is 0 Å². The van der Waals surface area contributed by atoms with Gasteiger partial charge in [0, 0.05) is 25.9 Å². The van der Waals surface area contributed by atoms with E-state index in [1.165, 1.54) is 4.90 Å². The standard InChI is InChI=1S/C15H22N2O6/c1-15(2,3)22-14(21)16-8-4-5-10(9-16)13(20)23-17-11(18)6-7-12(17)19/h10H,4-9H2,1-3H3/t10-/m1/s1. The third-order valence-corrected chi connectivity index (χ3v) is 3.59. The third kappa shape index (κ3) is 4.43. The lowest BCUT2D eigenvalue weighted by molar-refractivity contribution is -0.201. The SMILES string of the molecule is CC(C)(C)OC(=O)N1CCC[C@@H](C(=O)ON2C(=O)CCC2=O)C1. The Kier molecular flexibility index (Phi) is 4.91. The highest BCUT2D eigenvalue weighted by molar-refractivity contribution is 6.01. The van der Waals surface area contributed by atoms with Crippen LogP contribution >= 0.6 is 0 Å². The molecule has 2 fully saturated rings. The molecule has 0 saturated carbocycles. The predicted octanol–water partition coefficient (Wildman–Crippen LogP) is 1.24. The Bertz CT molecular complexity index is 509. The van der Waals surface area contributed by atoms with Crippen molar-refractivity contribution in [3.05, 3.63) is 0 Å². The number of piperidine rings is 1. The summed E-state index contributed by atoms with van der Waals surface area (Å²) in [6.07, 6.45) is 0.792. The van der Waals surface area contributed by atoms with Crippen LogP contribution in [-0.4, -0.2) is 52.5 Å². The van der Waals surface area contributed by atoms with E-state index in [-0.39, 0.29) is 19.4 Å². The second-order valence-corrected chi connectivity index (χ2v) is 6.76. The first kappa shape index (κ1) is 17.2. The van der Waals surface area contributed by atoms with Crippen LogP contribution in [0.4, 0.5) is 4.79 Å². The molecule has 1 atom stereocenters. The van der Waals surface area contributed by atoms with E-state index in [0.717, 1.165) is 0 Å². The molecule has 0 unspecified atom stereocenters. The molecule has 0 aromatic rings. The molecular weight excluding hydrogens is 304 g/mol. The number of rotatable bonds is 2. The zero-order valence-corrected chi connectivity index (χ0v) is 13.7. The van der Waals surface area contributed by atoms with E-state index in [9.17, 15) is 19.2 Å². The highest BCUT2D eigenvalue weighted by Gasteiger charge is 2.37. The number of imide groups is 1. The summed E-state index contributed by atoms with van der Waals surface area (Å²) in [6.45, 7) is 5.96. The van der Waals surface area contributed by atoms with E-state index >= 15 is 0 Å². The van der Waals surface area contributed by atoms with E-state index in [1.54, 1.807) is 20.8 Å². The normalized spacial score (nSPS) is 22.3. The van der Waals surface area contributed by atoms with Gasteiger partial charge < -0.3 is 14.5 Å². The lowest BCUT2D eigenvalue weighted by Crippen LogP contribution is -2.46. The molecule has 8 nitrogen and oxygen atoms in total. The zero-order valence-electron chi connectivity index (χ0n) is 13.7. The maximum atomic E-state index is 12.2. The Morgan fingerprint density at radius 1 is 1.13 bits per heavy atom. The monoisotopic (exact) mass is 326 g/mol. The van der Waals surface area contributed by atoms with Crippen molar-refractivity contribution in [2.45, 2.75) is 52.1 Å². The first-order valence-corrected chi connectivity index (χ1v) is 7.73. The first-order chi connectivity index (χ1) is 10.7. The number of nitrogens with zero attached hydrogens (tertiary/aromatic N) is 2. The lowest BCUT2D eigenvalue weighted by Gasteiger charge is -2.33. The molecule has 0 bridgehead atoms. The van der Waals surface area contributed by atoms with Crippen molar-refractivity contribution in [3.63, 3.8) is 0 Å². The van der Waals surface area contributed by atoms with Gasteiger partial charge in [0.25, 0.3) is 11.8 Å². The fourth-order valence-corrected chi connectivity index (χ4v) is 2.48. The molecule has 0 aromatic carbocycles. The highest BCUT2D eigenvalue weighted by Crippen LogP contribution is 2.22. The van der Waals surface area contributed by atoms with Gasteiger partial charge in [-0.1, -0.05) is 0 Å². The smallest absolute Gasteiger partial charge is 0.410 e. The number of hydroxylamine groups is 2. The summed E-state index contributed by atoms with van der Waals surface area (Å²) in [5.41, 5.74) is -0.612. The van der Waals surface area contributed by atoms with Crippen LogP contribution in [0.3, 0.4) is 0 Å². The van der Waals surface area contributed by atoms with Crippen LogP contribution in [0.5, 0.6) is 0 Å². The van der Waals surface area contributed by atoms with Gasteiger partial charge in [-0.25, -0.2) is 9.59 Å². The van der Waals surface area contributed by atoms with Crippen molar-refractivity contribution in [3.8, 4) is 0 Å². The Morgan fingerprint density at radius 2 is 1.74 bits per heavy atom. The van der Waals surface area contributed by atoms with Crippen molar-refractivity contribution < 1.29 is 28.8 Å². The van der Waals surface area contributed by atoms with Crippen molar-refractivity contribution in [1.29, 1.82) is 0 Å².